The lowest BCUT2D eigenvalue weighted by molar-refractivity contribution is -0.153. The van der Waals surface area contributed by atoms with Crippen molar-refractivity contribution in [2.24, 2.45) is 0 Å². The second-order valence-electron chi connectivity index (χ2n) is 5.82. The minimum Gasteiger partial charge on any atom is -0.368 e. The fourth-order valence-corrected chi connectivity index (χ4v) is 2.64. The Kier molecular flexibility index (Phi) is 5.57. The third-order valence-corrected chi connectivity index (χ3v) is 4.13. The van der Waals surface area contributed by atoms with Gasteiger partial charge < -0.3 is 9.64 Å². The zero-order valence-corrected chi connectivity index (χ0v) is 13.0. The van der Waals surface area contributed by atoms with Gasteiger partial charge in [0.1, 0.15) is 5.60 Å². The molecule has 0 aliphatic carbocycles. The first-order chi connectivity index (χ1) is 10.2. The van der Waals surface area contributed by atoms with Crippen LogP contribution in [0.15, 0.2) is 42.5 Å². The van der Waals surface area contributed by atoms with Crippen LogP contribution in [0.1, 0.15) is 38.2 Å². The number of methoxy groups -OCH3 is 1. The SMILES string of the molecule is COC1(C)C/C=C/CCCCN(Cc2ccccc2)C1=O. The predicted octanol–water partition coefficient (Wildman–Crippen LogP) is 3.55. The van der Waals surface area contributed by atoms with Crippen LogP contribution in [-0.4, -0.2) is 30.1 Å². The van der Waals surface area contributed by atoms with Crippen LogP contribution in [0.4, 0.5) is 0 Å². The first-order valence-electron chi connectivity index (χ1n) is 7.69. The van der Waals surface area contributed by atoms with Crippen molar-refractivity contribution in [3.63, 3.8) is 0 Å². The van der Waals surface area contributed by atoms with Crippen LogP contribution in [0.5, 0.6) is 0 Å². The molecule has 3 heteroatoms. The van der Waals surface area contributed by atoms with Crippen molar-refractivity contribution < 1.29 is 9.53 Å². The summed E-state index contributed by atoms with van der Waals surface area (Å²) in [5.41, 5.74) is 0.403. The second kappa shape index (κ2) is 7.41. The van der Waals surface area contributed by atoms with Gasteiger partial charge in [-0.3, -0.25) is 4.79 Å². The highest BCUT2D eigenvalue weighted by Gasteiger charge is 2.35. The molecule has 0 spiro atoms. The molecular weight excluding hydrogens is 262 g/mol. The summed E-state index contributed by atoms with van der Waals surface area (Å²) in [7, 11) is 1.62. The van der Waals surface area contributed by atoms with Gasteiger partial charge in [0, 0.05) is 26.6 Å². The van der Waals surface area contributed by atoms with E-state index in [9.17, 15) is 4.79 Å². The molecule has 0 aromatic heterocycles. The van der Waals surface area contributed by atoms with Crippen LogP contribution in [-0.2, 0) is 16.1 Å². The number of nitrogens with zero attached hydrogens (tertiary/aromatic N) is 1. The van der Waals surface area contributed by atoms with E-state index in [0.29, 0.717) is 13.0 Å². The van der Waals surface area contributed by atoms with Crippen LogP contribution in [0.25, 0.3) is 0 Å². The van der Waals surface area contributed by atoms with Gasteiger partial charge >= 0.3 is 0 Å². The summed E-state index contributed by atoms with van der Waals surface area (Å²) in [4.78, 5) is 14.8. The van der Waals surface area contributed by atoms with Crippen LogP contribution in [0.3, 0.4) is 0 Å². The maximum Gasteiger partial charge on any atom is 0.255 e. The Balaban J connectivity index is 2.19. The fraction of sp³-hybridized carbons (Fsp3) is 0.500. The normalized spacial score (nSPS) is 25.6. The van der Waals surface area contributed by atoms with Crippen molar-refractivity contribution in [3.05, 3.63) is 48.0 Å². The minimum absolute atomic E-state index is 0.0837. The van der Waals surface area contributed by atoms with E-state index in [-0.39, 0.29) is 5.91 Å². The molecule has 0 saturated heterocycles. The molecule has 2 rings (SSSR count). The number of ether oxygens (including phenoxy) is 1. The Bertz CT molecular complexity index is 483. The molecule has 1 unspecified atom stereocenters. The van der Waals surface area contributed by atoms with E-state index in [2.05, 4.69) is 24.3 Å². The predicted molar refractivity (Wildman–Crippen MR) is 84.9 cm³/mol. The van der Waals surface area contributed by atoms with Gasteiger partial charge in [-0.25, -0.2) is 0 Å². The van der Waals surface area contributed by atoms with Gasteiger partial charge in [0.2, 0.25) is 0 Å². The van der Waals surface area contributed by atoms with Gasteiger partial charge in [0.25, 0.3) is 5.91 Å². The Hall–Kier alpha value is -1.61. The second-order valence-corrected chi connectivity index (χ2v) is 5.82. The summed E-state index contributed by atoms with van der Waals surface area (Å²) in [6.07, 6.45) is 8.10. The first-order valence-corrected chi connectivity index (χ1v) is 7.69. The van der Waals surface area contributed by atoms with Crippen LogP contribution < -0.4 is 0 Å². The first kappa shape index (κ1) is 15.8. The average Bonchev–Trinajstić information content (AvgIpc) is 2.52. The highest BCUT2D eigenvalue weighted by Crippen LogP contribution is 2.22. The van der Waals surface area contributed by atoms with Crippen LogP contribution >= 0.6 is 0 Å². The van der Waals surface area contributed by atoms with E-state index in [1.165, 1.54) is 0 Å². The van der Waals surface area contributed by atoms with Gasteiger partial charge in [-0.1, -0.05) is 42.5 Å². The highest BCUT2D eigenvalue weighted by atomic mass is 16.5. The monoisotopic (exact) mass is 287 g/mol. The number of hydrogen-bond donors (Lipinski definition) is 0. The summed E-state index contributed by atoms with van der Waals surface area (Å²) in [6.45, 7) is 3.34. The molecule has 114 valence electrons. The number of carbonyl (C=O) groups excluding carboxylic acids is 1. The summed E-state index contributed by atoms with van der Waals surface area (Å²) in [5, 5.41) is 0. The van der Waals surface area contributed by atoms with E-state index in [0.717, 1.165) is 31.4 Å². The lowest BCUT2D eigenvalue weighted by atomic mass is 9.97. The highest BCUT2D eigenvalue weighted by molar-refractivity contribution is 5.85. The van der Waals surface area contributed by atoms with Crippen molar-refractivity contribution in [1.29, 1.82) is 0 Å². The molecule has 0 fully saturated rings. The molecule has 3 nitrogen and oxygen atoms in total. The van der Waals surface area contributed by atoms with Crippen LogP contribution in [0.2, 0.25) is 0 Å². The molecule has 1 aromatic carbocycles. The molecule has 0 radical (unpaired) electrons. The number of benzene rings is 1. The molecule has 0 saturated carbocycles. The van der Waals surface area contributed by atoms with Crippen LogP contribution in [0, 0.1) is 0 Å². The molecule has 0 bridgehead atoms. The van der Waals surface area contributed by atoms with Gasteiger partial charge in [0.05, 0.1) is 0 Å². The Morgan fingerprint density at radius 1 is 1.19 bits per heavy atom. The van der Waals surface area contributed by atoms with Crippen molar-refractivity contribution in [2.45, 2.75) is 44.8 Å². The molecule has 1 amide bonds. The fourth-order valence-electron chi connectivity index (χ4n) is 2.64. The lowest BCUT2D eigenvalue weighted by Gasteiger charge is -2.33. The minimum atomic E-state index is -0.761. The van der Waals surface area contributed by atoms with Crippen molar-refractivity contribution in [2.75, 3.05) is 13.7 Å². The average molecular weight is 287 g/mol. The Morgan fingerprint density at radius 3 is 2.67 bits per heavy atom. The number of allylic oxidation sites excluding steroid dienone is 1. The molecule has 21 heavy (non-hydrogen) atoms. The Morgan fingerprint density at radius 2 is 1.95 bits per heavy atom. The third-order valence-electron chi connectivity index (χ3n) is 4.13. The zero-order chi connectivity index (χ0) is 15.1. The summed E-state index contributed by atoms with van der Waals surface area (Å²) >= 11 is 0. The maximum atomic E-state index is 12.9. The van der Waals surface area contributed by atoms with E-state index in [1.54, 1.807) is 7.11 Å². The standard InChI is InChI=1S/C18H25NO2/c1-18(21-2)13-9-4-3-5-10-14-19(17(18)20)15-16-11-7-6-8-12-16/h4,6-9,11-12H,3,5,10,13-15H2,1-2H3/b9-4+. The summed E-state index contributed by atoms with van der Waals surface area (Å²) < 4.78 is 5.55. The topological polar surface area (TPSA) is 29.5 Å². The molecule has 1 atom stereocenters. The van der Waals surface area contributed by atoms with Gasteiger partial charge in [-0.2, -0.15) is 0 Å². The molecule has 1 aliphatic rings. The largest absolute Gasteiger partial charge is 0.368 e. The van der Waals surface area contributed by atoms with Crippen molar-refractivity contribution in [1.82, 2.24) is 4.90 Å². The van der Waals surface area contributed by atoms with Crippen molar-refractivity contribution >= 4 is 5.91 Å². The zero-order valence-electron chi connectivity index (χ0n) is 13.0. The van der Waals surface area contributed by atoms with Crippen molar-refractivity contribution in [3.8, 4) is 0 Å². The van der Waals surface area contributed by atoms with Gasteiger partial charge in [-0.15, -0.1) is 0 Å². The van der Waals surface area contributed by atoms with Gasteiger partial charge in [-0.05, 0) is 31.7 Å². The molecular formula is C18H25NO2. The number of rotatable bonds is 3. The Labute approximate surface area is 127 Å². The van der Waals surface area contributed by atoms with E-state index in [4.69, 9.17) is 4.74 Å². The molecule has 1 heterocycles. The maximum absolute atomic E-state index is 12.9. The van der Waals surface area contributed by atoms with E-state index < -0.39 is 5.60 Å². The number of carbonyl (C=O) groups is 1. The van der Waals surface area contributed by atoms with E-state index >= 15 is 0 Å². The molecule has 0 N–H and O–H groups in total. The smallest absolute Gasteiger partial charge is 0.255 e. The third kappa shape index (κ3) is 4.18. The summed E-state index contributed by atoms with van der Waals surface area (Å²) in [6, 6.07) is 10.2. The number of amides is 1. The molecule has 1 aromatic rings. The number of hydrogen-bond acceptors (Lipinski definition) is 2. The van der Waals surface area contributed by atoms with E-state index in [1.807, 2.05) is 30.0 Å². The quantitative estimate of drug-likeness (QED) is 0.796. The lowest BCUT2D eigenvalue weighted by Crippen LogP contribution is -2.48. The molecule has 1 aliphatic heterocycles. The summed E-state index contributed by atoms with van der Waals surface area (Å²) in [5.74, 6) is 0.0837. The van der Waals surface area contributed by atoms with Gasteiger partial charge in [0.15, 0.2) is 0 Å².